The zero-order valence-corrected chi connectivity index (χ0v) is 15.5. The van der Waals surface area contributed by atoms with Gasteiger partial charge in [0.1, 0.15) is 11.5 Å². The molecule has 0 radical (unpaired) electrons. The number of ketones is 1. The number of hydrogen-bond acceptors (Lipinski definition) is 3. The minimum Gasteiger partial charge on any atom is -0.461 e. The molecule has 0 spiro atoms. The highest BCUT2D eigenvalue weighted by atomic mass is 16.3. The van der Waals surface area contributed by atoms with E-state index >= 15 is 0 Å². The smallest absolute Gasteiger partial charge is 0.155 e. The van der Waals surface area contributed by atoms with E-state index in [1.54, 1.807) is 6.08 Å². The highest BCUT2D eigenvalue weighted by Crippen LogP contribution is 2.30. The summed E-state index contributed by atoms with van der Waals surface area (Å²) < 4.78 is 6.00. The third kappa shape index (κ3) is 4.10. The molecule has 3 nitrogen and oxygen atoms in total. The van der Waals surface area contributed by atoms with E-state index in [0.29, 0.717) is 18.4 Å². The molecule has 0 saturated heterocycles. The monoisotopic (exact) mass is 337 g/mol. The minimum absolute atomic E-state index is 0.198. The van der Waals surface area contributed by atoms with Gasteiger partial charge in [0, 0.05) is 29.6 Å². The van der Waals surface area contributed by atoms with Crippen molar-refractivity contribution in [2.24, 2.45) is 5.92 Å². The van der Waals surface area contributed by atoms with Crippen LogP contribution in [0.3, 0.4) is 0 Å². The Bertz CT molecular complexity index is 770. The average Bonchev–Trinajstić information content (AvgIpc) is 2.98. The largest absolute Gasteiger partial charge is 0.461 e. The summed E-state index contributed by atoms with van der Waals surface area (Å²) in [4.78, 5) is 11.4. The minimum atomic E-state index is 0.198. The number of carbonyl (C=O) groups excluding carboxylic acids is 1. The number of carbonyl (C=O) groups is 1. The van der Waals surface area contributed by atoms with Gasteiger partial charge in [-0.3, -0.25) is 4.79 Å². The van der Waals surface area contributed by atoms with E-state index in [0.717, 1.165) is 23.5 Å². The van der Waals surface area contributed by atoms with Crippen LogP contribution in [0.1, 0.15) is 49.6 Å². The Morgan fingerprint density at radius 1 is 1.16 bits per heavy atom. The predicted octanol–water partition coefficient (Wildman–Crippen LogP) is 5.14. The number of benzene rings is 1. The van der Waals surface area contributed by atoms with Gasteiger partial charge in [0.2, 0.25) is 0 Å². The van der Waals surface area contributed by atoms with Crippen LogP contribution in [0.25, 0.3) is 11.3 Å². The van der Waals surface area contributed by atoms with Crippen molar-refractivity contribution in [2.45, 2.75) is 52.6 Å². The Kier molecular flexibility index (Phi) is 5.24. The Morgan fingerprint density at radius 3 is 2.52 bits per heavy atom. The van der Waals surface area contributed by atoms with Crippen molar-refractivity contribution in [1.29, 1.82) is 0 Å². The second-order valence-corrected chi connectivity index (χ2v) is 7.19. The molecule has 0 bridgehead atoms. The maximum absolute atomic E-state index is 11.4. The molecule has 1 aromatic heterocycles. The van der Waals surface area contributed by atoms with Gasteiger partial charge in [-0.05, 0) is 52.2 Å². The van der Waals surface area contributed by atoms with Crippen molar-refractivity contribution >= 4 is 5.78 Å². The van der Waals surface area contributed by atoms with E-state index in [-0.39, 0.29) is 11.8 Å². The zero-order valence-electron chi connectivity index (χ0n) is 15.5. The van der Waals surface area contributed by atoms with Crippen LogP contribution < -0.4 is 5.32 Å². The highest BCUT2D eigenvalue weighted by Gasteiger charge is 2.22. The van der Waals surface area contributed by atoms with Crippen molar-refractivity contribution in [2.75, 3.05) is 0 Å². The van der Waals surface area contributed by atoms with Crippen LogP contribution in [0.15, 0.2) is 46.9 Å². The molecule has 1 heterocycles. The Morgan fingerprint density at radius 2 is 1.88 bits per heavy atom. The lowest BCUT2D eigenvalue weighted by atomic mass is 9.89. The molecule has 0 amide bonds. The van der Waals surface area contributed by atoms with Gasteiger partial charge in [-0.25, -0.2) is 0 Å². The van der Waals surface area contributed by atoms with Crippen molar-refractivity contribution in [3.8, 4) is 11.3 Å². The van der Waals surface area contributed by atoms with Gasteiger partial charge in [-0.2, -0.15) is 0 Å². The fourth-order valence-corrected chi connectivity index (χ4v) is 3.53. The first-order valence-corrected chi connectivity index (χ1v) is 9.08. The van der Waals surface area contributed by atoms with E-state index in [2.05, 4.69) is 62.5 Å². The van der Waals surface area contributed by atoms with Crippen molar-refractivity contribution < 1.29 is 9.21 Å². The summed E-state index contributed by atoms with van der Waals surface area (Å²) in [6.45, 7) is 8.47. The van der Waals surface area contributed by atoms with Gasteiger partial charge in [0.05, 0.1) is 0 Å². The third-order valence-electron chi connectivity index (χ3n) is 5.17. The molecule has 1 aliphatic carbocycles. The summed E-state index contributed by atoms with van der Waals surface area (Å²) in [5.74, 6) is 2.52. The number of allylic oxidation sites excluding steroid dienone is 1. The van der Waals surface area contributed by atoms with E-state index in [9.17, 15) is 4.79 Å². The molecule has 25 heavy (non-hydrogen) atoms. The van der Waals surface area contributed by atoms with Gasteiger partial charge in [-0.15, -0.1) is 0 Å². The van der Waals surface area contributed by atoms with Crippen molar-refractivity contribution in [1.82, 2.24) is 5.32 Å². The number of hydrogen-bond donors (Lipinski definition) is 1. The summed E-state index contributed by atoms with van der Waals surface area (Å²) >= 11 is 0. The van der Waals surface area contributed by atoms with E-state index in [1.807, 2.05) is 6.92 Å². The topological polar surface area (TPSA) is 42.2 Å². The fourth-order valence-electron chi connectivity index (χ4n) is 3.53. The van der Waals surface area contributed by atoms with Gasteiger partial charge < -0.3 is 9.73 Å². The SMILES string of the molecule is Cc1ccc(-c2cc(C(C)NC(C)C3C=CC(=O)CC3)c(C)o2)cc1. The van der Waals surface area contributed by atoms with Crippen LogP contribution in [0, 0.1) is 19.8 Å². The maximum Gasteiger partial charge on any atom is 0.155 e. The second-order valence-electron chi connectivity index (χ2n) is 7.19. The molecule has 1 aromatic carbocycles. The van der Waals surface area contributed by atoms with E-state index in [1.165, 1.54) is 11.1 Å². The van der Waals surface area contributed by atoms with Gasteiger partial charge >= 0.3 is 0 Å². The molecule has 0 fully saturated rings. The number of rotatable bonds is 5. The average molecular weight is 337 g/mol. The zero-order chi connectivity index (χ0) is 18.0. The molecule has 3 unspecified atom stereocenters. The Hall–Kier alpha value is -2.13. The summed E-state index contributed by atoms with van der Waals surface area (Å²) in [6.07, 6.45) is 5.37. The van der Waals surface area contributed by atoms with Crippen LogP contribution in [0.4, 0.5) is 0 Å². The molecule has 0 aliphatic heterocycles. The molecule has 0 saturated carbocycles. The first-order chi connectivity index (χ1) is 11.9. The summed E-state index contributed by atoms with van der Waals surface area (Å²) in [5.41, 5.74) is 3.54. The van der Waals surface area contributed by atoms with Crippen LogP contribution in [0.5, 0.6) is 0 Å². The lowest BCUT2D eigenvalue weighted by molar-refractivity contribution is -0.115. The lowest BCUT2D eigenvalue weighted by Gasteiger charge is -2.27. The highest BCUT2D eigenvalue weighted by molar-refractivity contribution is 5.90. The fraction of sp³-hybridized carbons (Fsp3) is 0.409. The first kappa shape index (κ1) is 17.7. The quantitative estimate of drug-likeness (QED) is 0.821. The number of nitrogens with one attached hydrogen (secondary N) is 1. The summed E-state index contributed by atoms with van der Waals surface area (Å²) in [7, 11) is 0. The normalized spacial score (nSPS) is 19.8. The molecule has 1 aliphatic rings. The molecule has 3 atom stereocenters. The first-order valence-electron chi connectivity index (χ1n) is 9.08. The molecule has 1 N–H and O–H groups in total. The standard InChI is InChI=1S/C22H27NO2/c1-14-5-7-19(8-6-14)22-13-21(17(4)25-22)16(3)23-15(2)18-9-11-20(24)12-10-18/h5-9,11,13,15-16,18,23H,10,12H2,1-4H3. The molecule has 3 heteroatoms. The summed E-state index contributed by atoms with van der Waals surface area (Å²) in [6, 6.07) is 11.1. The maximum atomic E-state index is 11.4. The third-order valence-corrected chi connectivity index (χ3v) is 5.17. The van der Waals surface area contributed by atoms with E-state index in [4.69, 9.17) is 4.42 Å². The molecule has 3 rings (SSSR count). The van der Waals surface area contributed by atoms with Gasteiger partial charge in [-0.1, -0.05) is 35.9 Å². The molecular weight excluding hydrogens is 310 g/mol. The molecular formula is C22H27NO2. The Balaban J connectivity index is 1.72. The molecule has 2 aromatic rings. The van der Waals surface area contributed by atoms with Crippen LogP contribution >= 0.6 is 0 Å². The van der Waals surface area contributed by atoms with Crippen LogP contribution in [-0.2, 0) is 4.79 Å². The Labute approximate surface area is 150 Å². The number of aryl methyl sites for hydroxylation is 2. The number of furan rings is 1. The van der Waals surface area contributed by atoms with Crippen LogP contribution in [0.2, 0.25) is 0 Å². The lowest BCUT2D eigenvalue weighted by Crippen LogP contribution is -2.35. The van der Waals surface area contributed by atoms with Gasteiger partial charge in [0.25, 0.3) is 0 Å². The molecule has 132 valence electrons. The predicted molar refractivity (Wildman–Crippen MR) is 102 cm³/mol. The second kappa shape index (κ2) is 7.40. The van der Waals surface area contributed by atoms with Crippen LogP contribution in [-0.4, -0.2) is 11.8 Å². The summed E-state index contributed by atoms with van der Waals surface area (Å²) in [5, 5.41) is 3.67. The van der Waals surface area contributed by atoms with Gasteiger partial charge in [0.15, 0.2) is 5.78 Å². The van der Waals surface area contributed by atoms with Crippen molar-refractivity contribution in [3.05, 3.63) is 59.4 Å². The van der Waals surface area contributed by atoms with Crippen molar-refractivity contribution in [3.63, 3.8) is 0 Å². The van der Waals surface area contributed by atoms with E-state index < -0.39 is 0 Å².